The van der Waals surface area contributed by atoms with Crippen LogP contribution in [0.1, 0.15) is 38.3 Å². The average Bonchev–Trinajstić information content (AvgIpc) is 2.72. The SMILES string of the molecule is CC(C)(C)OC(=O)N1CC2(CCN2C(=O)Cc2ccc(NC(=O)NCc3ccc(Cl)cc3)cc2)C1. The van der Waals surface area contributed by atoms with Crippen LogP contribution in [0.25, 0.3) is 0 Å². The summed E-state index contributed by atoms with van der Waals surface area (Å²) in [6, 6.07) is 14.2. The van der Waals surface area contributed by atoms with Crippen LogP contribution >= 0.6 is 11.6 Å². The Morgan fingerprint density at radius 1 is 1.00 bits per heavy atom. The van der Waals surface area contributed by atoms with Gasteiger partial charge >= 0.3 is 12.1 Å². The Balaban J connectivity index is 1.23. The lowest BCUT2D eigenvalue weighted by molar-refractivity contribution is -0.163. The van der Waals surface area contributed by atoms with E-state index in [1.54, 1.807) is 29.2 Å². The molecule has 4 amide bonds. The van der Waals surface area contributed by atoms with Crippen LogP contribution < -0.4 is 10.6 Å². The van der Waals surface area contributed by atoms with Crippen molar-refractivity contribution < 1.29 is 19.1 Å². The highest BCUT2D eigenvalue weighted by Crippen LogP contribution is 2.40. The average molecular weight is 499 g/mol. The summed E-state index contributed by atoms with van der Waals surface area (Å²) in [5, 5.41) is 6.24. The van der Waals surface area contributed by atoms with Gasteiger partial charge in [0.2, 0.25) is 5.91 Å². The van der Waals surface area contributed by atoms with Crippen LogP contribution in [-0.4, -0.2) is 58.6 Å². The number of nitrogens with zero attached hydrogens (tertiary/aromatic N) is 2. The molecule has 0 unspecified atom stereocenters. The molecule has 0 radical (unpaired) electrons. The second kappa shape index (κ2) is 9.77. The first-order chi connectivity index (χ1) is 16.5. The van der Waals surface area contributed by atoms with Gasteiger partial charge in [-0.2, -0.15) is 0 Å². The molecule has 0 aliphatic carbocycles. The van der Waals surface area contributed by atoms with Crippen LogP contribution in [-0.2, 0) is 22.5 Å². The van der Waals surface area contributed by atoms with Gasteiger partial charge in [-0.05, 0) is 62.6 Å². The van der Waals surface area contributed by atoms with Crippen molar-refractivity contribution in [1.29, 1.82) is 0 Å². The molecule has 9 heteroatoms. The van der Waals surface area contributed by atoms with Gasteiger partial charge in [0.25, 0.3) is 0 Å². The second-order valence-electron chi connectivity index (χ2n) is 10.2. The van der Waals surface area contributed by atoms with E-state index in [9.17, 15) is 14.4 Å². The highest BCUT2D eigenvalue weighted by atomic mass is 35.5. The molecule has 2 fully saturated rings. The van der Waals surface area contributed by atoms with Crippen molar-refractivity contribution in [3.63, 3.8) is 0 Å². The third-order valence-corrected chi connectivity index (χ3v) is 6.48. The summed E-state index contributed by atoms with van der Waals surface area (Å²) < 4.78 is 5.42. The zero-order valence-electron chi connectivity index (χ0n) is 20.3. The van der Waals surface area contributed by atoms with Crippen LogP contribution in [0.4, 0.5) is 15.3 Å². The lowest BCUT2D eigenvalue weighted by atomic mass is 9.77. The molecule has 4 rings (SSSR count). The van der Waals surface area contributed by atoms with Crippen molar-refractivity contribution in [1.82, 2.24) is 15.1 Å². The van der Waals surface area contributed by atoms with Crippen LogP contribution in [0.15, 0.2) is 48.5 Å². The molecule has 2 saturated heterocycles. The van der Waals surface area contributed by atoms with E-state index in [-0.39, 0.29) is 30.0 Å². The quantitative estimate of drug-likeness (QED) is 0.638. The van der Waals surface area contributed by atoms with E-state index in [1.165, 1.54) is 0 Å². The lowest BCUT2D eigenvalue weighted by Crippen LogP contribution is -2.78. The molecule has 186 valence electrons. The Kier molecular flexibility index (Phi) is 6.94. The summed E-state index contributed by atoms with van der Waals surface area (Å²) in [7, 11) is 0. The molecule has 2 N–H and O–H groups in total. The normalized spacial score (nSPS) is 16.2. The number of nitrogens with one attached hydrogen (secondary N) is 2. The van der Waals surface area contributed by atoms with E-state index in [0.717, 1.165) is 17.5 Å². The fraction of sp³-hybridized carbons (Fsp3) is 0.423. The molecule has 0 aromatic heterocycles. The van der Waals surface area contributed by atoms with Gasteiger partial charge in [-0.15, -0.1) is 0 Å². The lowest BCUT2D eigenvalue weighted by Gasteiger charge is -2.62. The fourth-order valence-electron chi connectivity index (χ4n) is 4.31. The monoisotopic (exact) mass is 498 g/mol. The van der Waals surface area contributed by atoms with E-state index in [1.807, 2.05) is 49.9 Å². The van der Waals surface area contributed by atoms with E-state index in [2.05, 4.69) is 10.6 Å². The van der Waals surface area contributed by atoms with Crippen LogP contribution in [0, 0.1) is 0 Å². The Bertz CT molecular complexity index is 1090. The van der Waals surface area contributed by atoms with Gasteiger partial charge in [0, 0.05) is 36.9 Å². The van der Waals surface area contributed by atoms with Gasteiger partial charge in [0.1, 0.15) is 5.60 Å². The fourth-order valence-corrected chi connectivity index (χ4v) is 4.44. The van der Waals surface area contributed by atoms with Gasteiger partial charge in [-0.1, -0.05) is 35.9 Å². The minimum atomic E-state index is -0.534. The van der Waals surface area contributed by atoms with Gasteiger partial charge in [-0.3, -0.25) is 4.79 Å². The number of hydrogen-bond acceptors (Lipinski definition) is 4. The predicted molar refractivity (Wildman–Crippen MR) is 134 cm³/mol. The molecule has 2 aliphatic rings. The summed E-state index contributed by atoms with van der Waals surface area (Å²) in [6.07, 6.45) is 0.839. The zero-order valence-corrected chi connectivity index (χ0v) is 21.0. The number of carbonyl (C=O) groups is 3. The van der Waals surface area contributed by atoms with E-state index < -0.39 is 5.60 Å². The van der Waals surface area contributed by atoms with Crippen molar-refractivity contribution in [3.05, 3.63) is 64.7 Å². The van der Waals surface area contributed by atoms with Gasteiger partial charge < -0.3 is 25.2 Å². The zero-order chi connectivity index (χ0) is 25.2. The Labute approximate surface area is 210 Å². The largest absolute Gasteiger partial charge is 0.444 e. The first-order valence-electron chi connectivity index (χ1n) is 11.7. The molecule has 1 spiro atoms. The summed E-state index contributed by atoms with van der Waals surface area (Å²) in [6.45, 7) is 7.65. The number of likely N-dealkylation sites (tertiary alicyclic amines) is 2. The molecule has 0 saturated carbocycles. The topological polar surface area (TPSA) is 91.0 Å². The third-order valence-electron chi connectivity index (χ3n) is 6.23. The molecular weight excluding hydrogens is 468 g/mol. The number of carbonyl (C=O) groups excluding carboxylic acids is 3. The molecule has 0 bridgehead atoms. The molecule has 0 atom stereocenters. The van der Waals surface area contributed by atoms with Crippen molar-refractivity contribution in [3.8, 4) is 0 Å². The molecule has 35 heavy (non-hydrogen) atoms. The molecule has 2 aromatic rings. The third kappa shape index (κ3) is 6.06. The minimum Gasteiger partial charge on any atom is -0.444 e. The Morgan fingerprint density at radius 2 is 1.63 bits per heavy atom. The number of ether oxygens (including phenoxy) is 1. The number of halogens is 1. The summed E-state index contributed by atoms with van der Waals surface area (Å²) in [5.41, 5.74) is 1.67. The Morgan fingerprint density at radius 3 is 2.20 bits per heavy atom. The summed E-state index contributed by atoms with van der Waals surface area (Å²) in [4.78, 5) is 40.8. The molecule has 8 nitrogen and oxygen atoms in total. The molecule has 2 aliphatic heterocycles. The maximum atomic E-state index is 12.9. The number of amides is 4. The van der Waals surface area contributed by atoms with Crippen molar-refractivity contribution in [2.75, 3.05) is 25.0 Å². The van der Waals surface area contributed by atoms with Crippen LogP contribution in [0.2, 0.25) is 5.02 Å². The smallest absolute Gasteiger partial charge is 0.410 e. The van der Waals surface area contributed by atoms with E-state index in [0.29, 0.717) is 36.9 Å². The molecule has 2 heterocycles. The summed E-state index contributed by atoms with van der Waals surface area (Å²) in [5.74, 6) is 0.0431. The van der Waals surface area contributed by atoms with Crippen LogP contribution in [0.3, 0.4) is 0 Å². The maximum absolute atomic E-state index is 12.9. The first-order valence-corrected chi connectivity index (χ1v) is 12.1. The number of benzene rings is 2. The molecule has 2 aromatic carbocycles. The van der Waals surface area contributed by atoms with Gasteiger partial charge in [-0.25, -0.2) is 9.59 Å². The van der Waals surface area contributed by atoms with Crippen molar-refractivity contribution >= 4 is 35.3 Å². The number of hydrogen-bond donors (Lipinski definition) is 2. The van der Waals surface area contributed by atoms with Crippen LogP contribution in [0.5, 0.6) is 0 Å². The minimum absolute atomic E-state index is 0.0431. The first kappa shape index (κ1) is 24.9. The molecular formula is C26H31ClN4O4. The number of rotatable bonds is 5. The maximum Gasteiger partial charge on any atom is 0.410 e. The standard InChI is InChI=1S/C26H31ClN4O4/c1-25(2,3)35-24(34)30-16-26(17-30)12-13-31(26)22(32)14-18-6-10-21(11-7-18)29-23(33)28-15-19-4-8-20(27)9-5-19/h4-11H,12-17H2,1-3H3,(H2,28,29,33). The van der Waals surface area contributed by atoms with E-state index >= 15 is 0 Å². The van der Waals surface area contributed by atoms with Crippen molar-refractivity contribution in [2.24, 2.45) is 0 Å². The van der Waals surface area contributed by atoms with Gasteiger partial charge in [0.05, 0.1) is 12.0 Å². The Hall–Kier alpha value is -3.26. The second-order valence-corrected chi connectivity index (χ2v) is 10.6. The highest BCUT2D eigenvalue weighted by Gasteiger charge is 2.57. The van der Waals surface area contributed by atoms with Gasteiger partial charge in [0.15, 0.2) is 0 Å². The summed E-state index contributed by atoms with van der Waals surface area (Å²) >= 11 is 5.87. The van der Waals surface area contributed by atoms with Crippen molar-refractivity contribution in [2.45, 2.75) is 51.3 Å². The van der Waals surface area contributed by atoms with E-state index in [4.69, 9.17) is 16.3 Å². The highest BCUT2D eigenvalue weighted by molar-refractivity contribution is 6.30. The number of anilines is 1. The predicted octanol–water partition coefficient (Wildman–Crippen LogP) is 4.43. The number of urea groups is 1.